The molecule has 2 aromatic rings. The molecule has 0 N–H and O–H groups in total. The Morgan fingerprint density at radius 3 is 1.62 bits per heavy atom. The smallest absolute Gasteiger partial charge is 1.00 e. The first-order valence-corrected chi connectivity index (χ1v) is 4.19. The van der Waals surface area contributed by atoms with Gasteiger partial charge in [0.05, 0.1) is 0 Å². The molecule has 0 aliphatic rings. The summed E-state index contributed by atoms with van der Waals surface area (Å²) in [7, 11) is 0. The van der Waals surface area contributed by atoms with Crippen LogP contribution in [0.25, 0.3) is 0 Å². The molecule has 4 heteroatoms. The fourth-order valence-electron chi connectivity index (χ4n) is 0.859. The van der Waals surface area contributed by atoms with Crippen molar-refractivity contribution in [3.05, 3.63) is 60.2 Å². The van der Waals surface area contributed by atoms with Crippen molar-refractivity contribution in [2.75, 3.05) is 0 Å². The molecular formula is C12H12Cl2OTi. The molecule has 0 bridgehead atoms. The fraction of sp³-hybridized carbons (Fsp3) is 0.0833. The summed E-state index contributed by atoms with van der Waals surface area (Å²) in [6.45, 7) is 1.96. The van der Waals surface area contributed by atoms with E-state index >= 15 is 0 Å². The molecule has 0 aliphatic carbocycles. The Kier molecular flexibility index (Phi) is 16.7. The molecule has 2 rings (SSSR count). The van der Waals surface area contributed by atoms with Crippen LogP contribution in [0.15, 0.2) is 54.6 Å². The Hall–Kier alpha value is -0.336. The van der Waals surface area contributed by atoms with Crippen LogP contribution in [0.5, 0.6) is 5.75 Å². The molecule has 0 unspecified atom stereocenters. The molecule has 1 nitrogen and oxygen atoms in total. The average Bonchev–Trinajstić information content (AvgIpc) is 2.68. The second kappa shape index (κ2) is 12.7. The Balaban J connectivity index is -0.000000189. The molecule has 0 heterocycles. The van der Waals surface area contributed by atoms with Gasteiger partial charge < -0.3 is 29.9 Å². The third-order valence-corrected chi connectivity index (χ3v) is 1.58. The zero-order valence-corrected chi connectivity index (χ0v) is 11.9. The van der Waals surface area contributed by atoms with Gasteiger partial charge in [-0.2, -0.15) is 18.2 Å². The van der Waals surface area contributed by atoms with Crippen molar-refractivity contribution in [2.45, 2.75) is 6.92 Å². The molecule has 16 heavy (non-hydrogen) atoms. The first kappa shape index (κ1) is 21.0. The van der Waals surface area contributed by atoms with Crippen molar-refractivity contribution >= 4 is 0 Å². The third kappa shape index (κ3) is 10.2. The van der Waals surface area contributed by atoms with Crippen LogP contribution in [0.3, 0.4) is 0 Å². The normalized spacial score (nSPS) is 7.06. The molecule has 0 aromatic heterocycles. The number of benzene rings is 1. The fourth-order valence-corrected chi connectivity index (χ4v) is 0.859. The number of aryl methyl sites for hydroxylation is 1. The van der Waals surface area contributed by atoms with Crippen molar-refractivity contribution in [1.82, 2.24) is 0 Å². The van der Waals surface area contributed by atoms with Gasteiger partial charge >= 0.3 is 21.7 Å². The van der Waals surface area contributed by atoms with E-state index in [1.54, 1.807) is 12.1 Å². The van der Waals surface area contributed by atoms with Crippen molar-refractivity contribution in [3.8, 4) is 5.75 Å². The van der Waals surface area contributed by atoms with Crippen LogP contribution in [0.2, 0.25) is 0 Å². The molecule has 2 aromatic carbocycles. The Morgan fingerprint density at radius 1 is 0.938 bits per heavy atom. The number of halogens is 2. The summed E-state index contributed by atoms with van der Waals surface area (Å²) in [5, 5.41) is 10.4. The summed E-state index contributed by atoms with van der Waals surface area (Å²) in [6.07, 6.45) is 0. The second-order valence-corrected chi connectivity index (χ2v) is 2.78. The average molecular weight is 291 g/mol. The maximum Gasteiger partial charge on any atom is 4.00 e. The summed E-state index contributed by atoms with van der Waals surface area (Å²) in [4.78, 5) is 0. The van der Waals surface area contributed by atoms with Crippen molar-refractivity contribution in [1.29, 1.82) is 0 Å². The minimum Gasteiger partial charge on any atom is -1.00 e. The number of hydrogen-bond acceptors (Lipinski definition) is 1. The van der Waals surface area contributed by atoms with E-state index in [1.807, 2.05) is 49.4 Å². The second-order valence-electron chi connectivity index (χ2n) is 2.78. The van der Waals surface area contributed by atoms with Crippen molar-refractivity contribution in [3.63, 3.8) is 0 Å². The molecule has 0 amide bonds. The standard InChI is InChI=1S/C7H8O.C5H5.2ClH.Ti/c1-6-2-4-7(8)5-3-6;1-2-4-5-3-1;;;/h2-5,8H,1H3;1-5H;2*1H;/q;-1;;;+4/p-3. The molecule has 0 spiro atoms. The largest absolute Gasteiger partial charge is 4.00 e. The van der Waals surface area contributed by atoms with Gasteiger partial charge in [0.2, 0.25) is 0 Å². The van der Waals surface area contributed by atoms with E-state index in [0.717, 1.165) is 5.56 Å². The predicted molar refractivity (Wildman–Crippen MR) is 52.7 cm³/mol. The van der Waals surface area contributed by atoms with Crippen LogP contribution in [-0.2, 0) is 21.7 Å². The minimum absolute atomic E-state index is 0. The van der Waals surface area contributed by atoms with Crippen molar-refractivity contribution in [2.24, 2.45) is 0 Å². The number of hydrogen-bond donors (Lipinski definition) is 0. The summed E-state index contributed by atoms with van der Waals surface area (Å²) in [5.74, 6) is 0.0793. The first-order valence-electron chi connectivity index (χ1n) is 4.19. The summed E-state index contributed by atoms with van der Waals surface area (Å²) in [6, 6.07) is 16.7. The van der Waals surface area contributed by atoms with Crippen LogP contribution >= 0.6 is 0 Å². The van der Waals surface area contributed by atoms with E-state index in [1.165, 1.54) is 0 Å². The summed E-state index contributed by atoms with van der Waals surface area (Å²) >= 11 is 0. The van der Waals surface area contributed by atoms with Gasteiger partial charge in [-0.05, 0) is 6.92 Å². The van der Waals surface area contributed by atoms with Crippen LogP contribution in [-0.4, -0.2) is 0 Å². The van der Waals surface area contributed by atoms with Gasteiger partial charge in [-0.25, -0.2) is 12.1 Å². The third-order valence-electron chi connectivity index (χ3n) is 1.58. The molecule has 0 saturated heterocycles. The van der Waals surface area contributed by atoms with E-state index in [-0.39, 0.29) is 52.3 Å². The Bertz CT molecular complexity index is 281. The zero-order valence-electron chi connectivity index (χ0n) is 8.86. The van der Waals surface area contributed by atoms with Gasteiger partial charge in [0.1, 0.15) is 0 Å². The summed E-state index contributed by atoms with van der Waals surface area (Å²) < 4.78 is 0. The zero-order chi connectivity index (χ0) is 9.52. The van der Waals surface area contributed by atoms with Crippen LogP contribution in [0, 0.1) is 6.92 Å². The van der Waals surface area contributed by atoms with Gasteiger partial charge in [0.25, 0.3) is 0 Å². The molecule has 0 fully saturated rings. The van der Waals surface area contributed by atoms with Crippen LogP contribution in [0.1, 0.15) is 5.56 Å². The quantitative estimate of drug-likeness (QED) is 0.365. The predicted octanol–water partition coefficient (Wildman–Crippen LogP) is -3.52. The Morgan fingerprint density at radius 2 is 1.38 bits per heavy atom. The van der Waals surface area contributed by atoms with Gasteiger partial charge in [-0.3, -0.25) is 0 Å². The van der Waals surface area contributed by atoms with Gasteiger partial charge in [-0.1, -0.05) is 29.8 Å². The van der Waals surface area contributed by atoms with Gasteiger partial charge in [0.15, 0.2) is 0 Å². The van der Waals surface area contributed by atoms with Crippen molar-refractivity contribution < 1.29 is 51.6 Å². The molecular weight excluding hydrogens is 279 g/mol. The summed E-state index contributed by atoms with van der Waals surface area (Å²) in [5.41, 5.74) is 1.13. The molecule has 84 valence electrons. The SMILES string of the molecule is Cc1ccc([O-])cc1.[Cl-].[Cl-].[Ti+4].c1cc[cH-]c1. The molecule has 0 aliphatic heterocycles. The molecule has 0 saturated carbocycles. The van der Waals surface area contributed by atoms with E-state index in [4.69, 9.17) is 0 Å². The van der Waals surface area contributed by atoms with E-state index in [2.05, 4.69) is 0 Å². The number of rotatable bonds is 0. The van der Waals surface area contributed by atoms with Crippen LogP contribution in [0.4, 0.5) is 0 Å². The maximum absolute atomic E-state index is 10.4. The molecule has 0 radical (unpaired) electrons. The minimum atomic E-state index is 0. The monoisotopic (exact) mass is 290 g/mol. The van der Waals surface area contributed by atoms with Crippen LogP contribution < -0.4 is 29.9 Å². The van der Waals surface area contributed by atoms with Gasteiger partial charge in [-0.15, -0.1) is 5.75 Å². The first-order chi connectivity index (χ1) is 6.29. The van der Waals surface area contributed by atoms with E-state index in [0.29, 0.717) is 0 Å². The van der Waals surface area contributed by atoms with Gasteiger partial charge in [0, 0.05) is 0 Å². The topological polar surface area (TPSA) is 23.1 Å². The molecule has 0 atom stereocenters. The Labute approximate surface area is 124 Å². The van der Waals surface area contributed by atoms with E-state index in [9.17, 15) is 5.11 Å². The van der Waals surface area contributed by atoms with E-state index < -0.39 is 0 Å². The maximum atomic E-state index is 10.4.